The van der Waals surface area contributed by atoms with Gasteiger partial charge in [0.1, 0.15) is 11.6 Å². The van der Waals surface area contributed by atoms with Crippen LogP contribution in [0.2, 0.25) is 0 Å². The van der Waals surface area contributed by atoms with Gasteiger partial charge in [-0.05, 0) is 48.0 Å². The fourth-order valence-electron chi connectivity index (χ4n) is 1.49. The van der Waals surface area contributed by atoms with Gasteiger partial charge >= 0.3 is 0 Å². The lowest BCUT2D eigenvalue weighted by Crippen LogP contribution is -1.89. The van der Waals surface area contributed by atoms with Crippen LogP contribution < -0.4 is 0 Å². The zero-order valence-electron chi connectivity index (χ0n) is 9.43. The molecule has 0 heterocycles. The predicted molar refractivity (Wildman–Crippen MR) is 68.8 cm³/mol. The molecule has 0 aliphatic rings. The minimum absolute atomic E-state index is 0.211. The van der Waals surface area contributed by atoms with Gasteiger partial charge in [0, 0.05) is 10.6 Å². The van der Waals surface area contributed by atoms with Gasteiger partial charge in [0.05, 0.1) is 11.6 Å². The van der Waals surface area contributed by atoms with Crippen molar-refractivity contribution in [3.8, 4) is 11.8 Å². The number of halogens is 1. The smallest absolute Gasteiger partial charge is 0.123 e. The van der Waals surface area contributed by atoms with Crippen LogP contribution in [-0.4, -0.2) is 5.11 Å². The van der Waals surface area contributed by atoms with Crippen LogP contribution in [0.5, 0.6) is 5.75 Å². The lowest BCUT2D eigenvalue weighted by molar-refractivity contribution is 0.475. The molecular weight excluding hydrogens is 249 g/mol. The van der Waals surface area contributed by atoms with Gasteiger partial charge in [-0.3, -0.25) is 0 Å². The van der Waals surface area contributed by atoms with Crippen LogP contribution in [-0.2, 0) is 5.75 Å². The third-order valence-corrected chi connectivity index (χ3v) is 3.48. The summed E-state index contributed by atoms with van der Waals surface area (Å²) in [5, 5.41) is 18.1. The first kappa shape index (κ1) is 12.5. The second-order valence-electron chi connectivity index (χ2n) is 3.70. The van der Waals surface area contributed by atoms with Gasteiger partial charge < -0.3 is 5.11 Å². The van der Waals surface area contributed by atoms with Crippen LogP contribution in [0.15, 0.2) is 47.4 Å². The second kappa shape index (κ2) is 5.56. The zero-order chi connectivity index (χ0) is 13.0. The van der Waals surface area contributed by atoms with Crippen LogP contribution in [0, 0.1) is 17.1 Å². The number of nitriles is 1. The first-order chi connectivity index (χ1) is 8.69. The SMILES string of the molecule is N#Cc1ccc(F)cc1CSc1ccc(O)cc1. The van der Waals surface area contributed by atoms with Crippen molar-refractivity contribution in [2.24, 2.45) is 0 Å². The fourth-order valence-corrected chi connectivity index (χ4v) is 2.38. The van der Waals surface area contributed by atoms with Crippen LogP contribution in [0.4, 0.5) is 4.39 Å². The van der Waals surface area contributed by atoms with Crippen molar-refractivity contribution in [3.63, 3.8) is 0 Å². The number of hydrogen-bond donors (Lipinski definition) is 1. The van der Waals surface area contributed by atoms with E-state index >= 15 is 0 Å². The molecular formula is C14H10FNOS. The van der Waals surface area contributed by atoms with Gasteiger partial charge in [0.2, 0.25) is 0 Å². The highest BCUT2D eigenvalue weighted by molar-refractivity contribution is 7.98. The molecule has 0 amide bonds. The first-order valence-electron chi connectivity index (χ1n) is 5.29. The van der Waals surface area contributed by atoms with Crippen LogP contribution in [0.25, 0.3) is 0 Å². The summed E-state index contributed by atoms with van der Waals surface area (Å²) in [5.74, 6) is 0.393. The van der Waals surface area contributed by atoms with Gasteiger partial charge in [-0.1, -0.05) is 0 Å². The molecule has 0 fully saturated rings. The fraction of sp³-hybridized carbons (Fsp3) is 0.0714. The summed E-state index contributed by atoms with van der Waals surface area (Å²) < 4.78 is 13.1. The molecule has 0 aliphatic heterocycles. The van der Waals surface area contributed by atoms with Crippen molar-refractivity contribution >= 4 is 11.8 Å². The zero-order valence-corrected chi connectivity index (χ0v) is 10.2. The molecule has 18 heavy (non-hydrogen) atoms. The number of rotatable bonds is 3. The van der Waals surface area contributed by atoms with Gasteiger partial charge in [0.25, 0.3) is 0 Å². The van der Waals surface area contributed by atoms with Crippen molar-refractivity contribution in [3.05, 3.63) is 59.4 Å². The third-order valence-electron chi connectivity index (χ3n) is 2.42. The maximum absolute atomic E-state index is 13.1. The highest BCUT2D eigenvalue weighted by atomic mass is 32.2. The molecule has 2 nitrogen and oxygen atoms in total. The molecule has 0 saturated heterocycles. The Labute approximate surface area is 109 Å². The van der Waals surface area contributed by atoms with Gasteiger partial charge in [-0.2, -0.15) is 5.26 Å². The minimum atomic E-state index is -0.338. The van der Waals surface area contributed by atoms with Crippen molar-refractivity contribution in [2.45, 2.75) is 10.6 Å². The second-order valence-corrected chi connectivity index (χ2v) is 4.74. The molecule has 2 rings (SSSR count). The highest BCUT2D eigenvalue weighted by Crippen LogP contribution is 2.26. The Morgan fingerprint density at radius 3 is 2.56 bits per heavy atom. The average molecular weight is 259 g/mol. The Kier molecular flexibility index (Phi) is 3.85. The lowest BCUT2D eigenvalue weighted by Gasteiger charge is -2.04. The normalized spacial score (nSPS) is 10.0. The van der Waals surface area contributed by atoms with Gasteiger partial charge in [-0.25, -0.2) is 4.39 Å². The standard InChI is InChI=1S/C14H10FNOS/c15-12-2-1-10(8-16)11(7-12)9-18-14-5-3-13(17)4-6-14/h1-7,17H,9H2. The van der Waals surface area contributed by atoms with E-state index in [0.29, 0.717) is 16.9 Å². The van der Waals surface area contributed by atoms with Gasteiger partial charge in [0.15, 0.2) is 0 Å². The first-order valence-corrected chi connectivity index (χ1v) is 6.28. The third kappa shape index (κ3) is 3.02. The predicted octanol–water partition coefficient (Wildman–Crippen LogP) is 3.70. The van der Waals surface area contributed by atoms with Crippen molar-refractivity contribution in [1.29, 1.82) is 5.26 Å². The Bertz CT molecular complexity index is 590. The molecule has 4 heteroatoms. The van der Waals surface area contributed by atoms with E-state index in [-0.39, 0.29) is 11.6 Å². The number of thioether (sulfide) groups is 1. The number of nitrogens with zero attached hydrogens (tertiary/aromatic N) is 1. The number of hydrogen-bond acceptors (Lipinski definition) is 3. The van der Waals surface area contributed by atoms with Crippen molar-refractivity contribution < 1.29 is 9.50 Å². The lowest BCUT2D eigenvalue weighted by atomic mass is 10.1. The number of aromatic hydroxyl groups is 1. The minimum Gasteiger partial charge on any atom is -0.508 e. The maximum Gasteiger partial charge on any atom is 0.123 e. The summed E-state index contributed by atoms with van der Waals surface area (Å²) in [7, 11) is 0. The number of phenolic OH excluding ortho intramolecular Hbond substituents is 1. The summed E-state index contributed by atoms with van der Waals surface area (Å²) in [6, 6.07) is 13.0. The Hall–Kier alpha value is -1.99. The van der Waals surface area contributed by atoms with Crippen molar-refractivity contribution in [1.82, 2.24) is 0 Å². The molecule has 1 N–H and O–H groups in total. The summed E-state index contributed by atoms with van der Waals surface area (Å²) in [5.41, 5.74) is 1.17. The molecule has 0 radical (unpaired) electrons. The number of phenols is 1. The molecule has 0 bridgehead atoms. The molecule has 90 valence electrons. The van der Waals surface area contributed by atoms with E-state index in [1.54, 1.807) is 24.3 Å². The van der Waals surface area contributed by atoms with E-state index in [1.807, 2.05) is 6.07 Å². The molecule has 2 aromatic carbocycles. The molecule has 0 saturated carbocycles. The molecule has 0 atom stereocenters. The van der Waals surface area contributed by atoms with E-state index in [9.17, 15) is 4.39 Å². The summed E-state index contributed by atoms with van der Waals surface area (Å²) >= 11 is 1.49. The van der Waals surface area contributed by atoms with Crippen molar-refractivity contribution in [2.75, 3.05) is 0 Å². The van der Waals surface area contributed by atoms with E-state index in [1.165, 1.54) is 30.0 Å². The molecule has 0 aromatic heterocycles. The highest BCUT2D eigenvalue weighted by Gasteiger charge is 2.04. The van der Waals surface area contributed by atoms with Crippen LogP contribution >= 0.6 is 11.8 Å². The van der Waals surface area contributed by atoms with E-state index in [0.717, 1.165) is 4.90 Å². The van der Waals surface area contributed by atoms with Crippen LogP contribution in [0.1, 0.15) is 11.1 Å². The van der Waals surface area contributed by atoms with E-state index in [2.05, 4.69) is 0 Å². The number of benzene rings is 2. The van der Waals surface area contributed by atoms with Crippen LogP contribution in [0.3, 0.4) is 0 Å². The largest absolute Gasteiger partial charge is 0.508 e. The monoisotopic (exact) mass is 259 g/mol. The maximum atomic E-state index is 13.1. The van der Waals surface area contributed by atoms with Gasteiger partial charge in [-0.15, -0.1) is 11.8 Å². The Morgan fingerprint density at radius 2 is 1.89 bits per heavy atom. The average Bonchev–Trinajstić information content (AvgIpc) is 2.38. The molecule has 0 aliphatic carbocycles. The quantitative estimate of drug-likeness (QED) is 0.855. The molecule has 2 aromatic rings. The molecule has 0 spiro atoms. The topological polar surface area (TPSA) is 44.0 Å². The van der Waals surface area contributed by atoms with E-state index < -0.39 is 0 Å². The summed E-state index contributed by atoms with van der Waals surface area (Å²) in [6.45, 7) is 0. The summed E-state index contributed by atoms with van der Waals surface area (Å²) in [4.78, 5) is 0.959. The van der Waals surface area contributed by atoms with E-state index in [4.69, 9.17) is 10.4 Å². The Morgan fingerprint density at radius 1 is 1.17 bits per heavy atom. The Balaban J connectivity index is 2.13. The summed E-state index contributed by atoms with van der Waals surface area (Å²) in [6.07, 6.45) is 0. The molecule has 0 unspecified atom stereocenters.